The average molecular weight is 460 g/mol. The summed E-state index contributed by atoms with van der Waals surface area (Å²) in [6.07, 6.45) is 1.87. The number of benzene rings is 3. The van der Waals surface area contributed by atoms with Crippen molar-refractivity contribution in [2.24, 2.45) is 0 Å². The molecule has 4 aromatic rings. The van der Waals surface area contributed by atoms with Gasteiger partial charge in [-0.2, -0.15) is 0 Å². The molecule has 0 saturated heterocycles. The number of para-hydroxylation sites is 1. The molecule has 2 heterocycles. The Bertz CT molecular complexity index is 1570. The van der Waals surface area contributed by atoms with Gasteiger partial charge in [0.1, 0.15) is 11.3 Å². The Morgan fingerprint density at radius 2 is 1.70 bits per heavy atom. The molecule has 0 atom stereocenters. The highest BCUT2D eigenvalue weighted by Gasteiger charge is 2.32. The zero-order chi connectivity index (χ0) is 23.2. The molecular weight excluding hydrogens is 438 g/mol. The number of rotatable bonds is 4. The van der Waals surface area contributed by atoms with E-state index in [1.165, 1.54) is 10.4 Å². The van der Waals surface area contributed by atoms with Gasteiger partial charge in [0.15, 0.2) is 0 Å². The molecule has 0 N–H and O–H groups in total. The molecule has 0 radical (unpaired) electrons. The maximum Gasteiger partial charge on any atom is 0.336 e. The lowest BCUT2D eigenvalue weighted by atomic mass is 9.90. The molecule has 1 aliphatic heterocycles. The first kappa shape index (κ1) is 21.0. The van der Waals surface area contributed by atoms with Crippen molar-refractivity contribution in [2.45, 2.75) is 11.8 Å². The number of methoxy groups -OCH3 is 1. The van der Waals surface area contributed by atoms with E-state index < -0.39 is 15.6 Å². The maximum absolute atomic E-state index is 13.6. The van der Waals surface area contributed by atoms with Crippen molar-refractivity contribution in [3.8, 4) is 5.75 Å². The first-order valence-electron chi connectivity index (χ1n) is 10.4. The lowest BCUT2D eigenvalue weighted by Crippen LogP contribution is -2.34. The molecule has 3 aromatic carbocycles. The highest BCUT2D eigenvalue weighted by molar-refractivity contribution is 7.92. The van der Waals surface area contributed by atoms with Crippen molar-refractivity contribution in [1.82, 2.24) is 0 Å². The Hall–Kier alpha value is -3.84. The number of hydrogen-bond donors (Lipinski definition) is 0. The lowest BCUT2D eigenvalue weighted by molar-refractivity contribution is 0.413. The largest absolute Gasteiger partial charge is 0.496 e. The van der Waals surface area contributed by atoms with Gasteiger partial charge in [-0.1, -0.05) is 42.0 Å². The van der Waals surface area contributed by atoms with Crippen LogP contribution in [0.5, 0.6) is 5.75 Å². The molecule has 7 heteroatoms. The molecular formula is C26H21NO5S. The minimum atomic E-state index is -3.83. The molecule has 6 nitrogen and oxygen atoms in total. The third-order valence-corrected chi connectivity index (χ3v) is 7.58. The van der Waals surface area contributed by atoms with Crippen molar-refractivity contribution in [2.75, 3.05) is 18.0 Å². The maximum atomic E-state index is 13.6. The molecule has 0 fully saturated rings. The van der Waals surface area contributed by atoms with Crippen molar-refractivity contribution in [1.29, 1.82) is 0 Å². The number of hydrogen-bond acceptors (Lipinski definition) is 5. The summed E-state index contributed by atoms with van der Waals surface area (Å²) in [5.41, 5.74) is 3.72. The molecule has 33 heavy (non-hydrogen) atoms. The van der Waals surface area contributed by atoms with Crippen molar-refractivity contribution in [3.63, 3.8) is 0 Å². The summed E-state index contributed by atoms with van der Waals surface area (Å²) in [6.45, 7) is 2.06. The van der Waals surface area contributed by atoms with E-state index in [0.29, 0.717) is 28.0 Å². The second-order valence-electron chi connectivity index (χ2n) is 7.79. The summed E-state index contributed by atoms with van der Waals surface area (Å²) in [4.78, 5) is 12.0. The summed E-state index contributed by atoms with van der Waals surface area (Å²) in [6, 6.07) is 20.7. The highest BCUT2D eigenvalue weighted by atomic mass is 32.2. The molecule has 0 saturated carbocycles. The van der Waals surface area contributed by atoms with Crippen LogP contribution < -0.4 is 14.7 Å². The van der Waals surface area contributed by atoms with Crippen molar-refractivity contribution in [3.05, 3.63) is 106 Å². The van der Waals surface area contributed by atoms with Crippen LogP contribution in [0.15, 0.2) is 93.0 Å². The van der Waals surface area contributed by atoms with Crippen LogP contribution in [-0.4, -0.2) is 22.1 Å². The van der Waals surface area contributed by atoms with Crippen LogP contribution in [0.25, 0.3) is 16.5 Å². The van der Waals surface area contributed by atoms with E-state index in [4.69, 9.17) is 9.15 Å². The quantitative estimate of drug-likeness (QED) is 0.412. The average Bonchev–Trinajstić information content (AvgIpc) is 2.83. The van der Waals surface area contributed by atoms with E-state index in [0.717, 1.165) is 16.7 Å². The minimum absolute atomic E-state index is 0.152. The van der Waals surface area contributed by atoms with Crippen molar-refractivity contribution < 1.29 is 17.6 Å². The van der Waals surface area contributed by atoms with Crippen molar-refractivity contribution >= 4 is 32.3 Å². The molecule has 166 valence electrons. The summed E-state index contributed by atoms with van der Waals surface area (Å²) in [5, 5.41) is 0.646. The van der Waals surface area contributed by atoms with Crippen LogP contribution in [0.2, 0.25) is 0 Å². The topological polar surface area (TPSA) is 76.8 Å². The Balaban J connectivity index is 1.78. The van der Waals surface area contributed by atoms with Crippen LogP contribution in [0.1, 0.15) is 16.7 Å². The molecule has 1 aliphatic rings. The number of fused-ring (bicyclic) bond motifs is 3. The fourth-order valence-electron chi connectivity index (χ4n) is 4.18. The predicted octanol–water partition coefficient (Wildman–Crippen LogP) is 4.75. The van der Waals surface area contributed by atoms with Crippen LogP contribution in [-0.2, 0) is 10.0 Å². The first-order valence-corrected chi connectivity index (χ1v) is 11.8. The van der Waals surface area contributed by atoms with Gasteiger partial charge >= 0.3 is 5.63 Å². The fourth-order valence-corrected chi connectivity index (χ4v) is 5.60. The minimum Gasteiger partial charge on any atom is -0.496 e. The van der Waals surface area contributed by atoms with Gasteiger partial charge in [0, 0.05) is 22.6 Å². The van der Waals surface area contributed by atoms with Gasteiger partial charge in [0.2, 0.25) is 0 Å². The van der Waals surface area contributed by atoms with E-state index in [9.17, 15) is 13.2 Å². The number of ether oxygens (including phenoxy) is 1. The number of aryl methyl sites for hydroxylation is 1. The van der Waals surface area contributed by atoms with Crippen LogP contribution in [0.4, 0.5) is 5.69 Å². The normalized spacial score (nSPS) is 13.5. The molecule has 0 amide bonds. The summed E-state index contributed by atoms with van der Waals surface area (Å²) < 4.78 is 39.6. The van der Waals surface area contributed by atoms with Gasteiger partial charge in [-0.15, -0.1) is 0 Å². The van der Waals surface area contributed by atoms with Crippen LogP contribution in [0.3, 0.4) is 0 Å². The standard InChI is InChI=1S/C26H21NO5S/c1-17-7-9-18(10-8-17)33(29,30)27-16-15-20(19-5-3-4-6-23(19)31-2)26-21-11-14-25(28)32-24(21)13-12-22(26)27/h3-15H,16H2,1-2H3. The fraction of sp³-hybridized carbons (Fsp3) is 0.115. The molecule has 0 bridgehead atoms. The highest BCUT2D eigenvalue weighted by Crippen LogP contribution is 2.44. The van der Waals surface area contributed by atoms with Gasteiger partial charge in [0.05, 0.1) is 24.2 Å². The molecule has 0 aliphatic carbocycles. The second-order valence-corrected chi connectivity index (χ2v) is 9.66. The predicted molar refractivity (Wildman–Crippen MR) is 128 cm³/mol. The monoisotopic (exact) mass is 459 g/mol. The van der Waals surface area contributed by atoms with Gasteiger partial charge in [-0.05, 0) is 48.9 Å². The van der Waals surface area contributed by atoms with Gasteiger partial charge < -0.3 is 9.15 Å². The Labute approximate surface area is 191 Å². The number of sulfonamides is 1. The zero-order valence-electron chi connectivity index (χ0n) is 18.1. The summed E-state index contributed by atoms with van der Waals surface area (Å²) in [5.74, 6) is 0.666. The first-order chi connectivity index (χ1) is 15.9. The van der Waals surface area contributed by atoms with E-state index in [2.05, 4.69) is 0 Å². The molecule has 5 rings (SSSR count). The summed E-state index contributed by atoms with van der Waals surface area (Å²) >= 11 is 0. The lowest BCUT2D eigenvalue weighted by Gasteiger charge is -2.31. The van der Waals surface area contributed by atoms with Crippen LogP contribution >= 0.6 is 0 Å². The number of nitrogens with zero attached hydrogens (tertiary/aromatic N) is 1. The van der Waals surface area contributed by atoms with Gasteiger partial charge in [-0.3, -0.25) is 4.31 Å². The Kier molecular flexibility index (Phi) is 5.06. The Morgan fingerprint density at radius 3 is 2.45 bits per heavy atom. The van der Waals surface area contributed by atoms with Gasteiger partial charge in [0.25, 0.3) is 10.0 Å². The molecule has 0 spiro atoms. The SMILES string of the molecule is COc1ccccc1C1=CCN(S(=O)(=O)c2ccc(C)cc2)c2ccc3oc(=O)ccc3c21. The number of anilines is 1. The summed E-state index contributed by atoms with van der Waals surface area (Å²) in [7, 11) is -2.23. The Morgan fingerprint density at radius 1 is 0.939 bits per heavy atom. The zero-order valence-corrected chi connectivity index (χ0v) is 18.9. The third-order valence-electron chi connectivity index (χ3n) is 5.79. The van der Waals surface area contributed by atoms with E-state index >= 15 is 0 Å². The third kappa shape index (κ3) is 3.50. The van der Waals surface area contributed by atoms with Gasteiger partial charge in [-0.25, -0.2) is 13.2 Å². The smallest absolute Gasteiger partial charge is 0.336 e. The van der Waals surface area contributed by atoms with E-state index in [-0.39, 0.29) is 11.4 Å². The molecule has 0 unspecified atom stereocenters. The van der Waals surface area contributed by atoms with E-state index in [1.807, 2.05) is 37.3 Å². The van der Waals surface area contributed by atoms with E-state index in [1.54, 1.807) is 49.6 Å². The van der Waals surface area contributed by atoms with Crippen LogP contribution in [0, 0.1) is 6.92 Å². The molecule has 1 aromatic heterocycles. The second kappa shape index (κ2) is 7.94.